The van der Waals surface area contributed by atoms with E-state index >= 15 is 0 Å². The average molecular weight is 615 g/mol. The third kappa shape index (κ3) is 8.95. The molecule has 4 nitrogen and oxygen atoms in total. The zero-order valence-electron chi connectivity index (χ0n) is 23.5. The summed E-state index contributed by atoms with van der Waals surface area (Å²) in [6, 6.07) is 15.9. The highest BCUT2D eigenvalue weighted by molar-refractivity contribution is 5.91. The molecule has 0 unspecified atom stereocenters. The fourth-order valence-corrected chi connectivity index (χ4v) is 4.49. The molecule has 0 amide bonds. The first-order valence-corrected chi connectivity index (χ1v) is 14.0. The molecular formula is C34H28F6O4. The monoisotopic (exact) mass is 614 g/mol. The molecule has 0 saturated carbocycles. The number of benzene rings is 4. The second kappa shape index (κ2) is 15.2. The third-order valence-corrected chi connectivity index (χ3v) is 6.90. The Morgan fingerprint density at radius 1 is 0.455 bits per heavy atom. The molecule has 0 atom stereocenters. The van der Waals surface area contributed by atoms with Crippen LogP contribution in [0.2, 0.25) is 0 Å². The van der Waals surface area contributed by atoms with Crippen LogP contribution in [0.25, 0.3) is 0 Å². The number of hydrogen-bond acceptors (Lipinski definition) is 4. The Balaban J connectivity index is 1.09. The van der Waals surface area contributed by atoms with Crippen LogP contribution < -0.4 is 9.47 Å². The molecule has 10 heteroatoms. The zero-order chi connectivity index (χ0) is 31.6. The van der Waals surface area contributed by atoms with Gasteiger partial charge in [-0.3, -0.25) is 0 Å². The van der Waals surface area contributed by atoms with Crippen LogP contribution >= 0.6 is 0 Å². The highest BCUT2D eigenvalue weighted by atomic mass is 19.2. The lowest BCUT2D eigenvalue weighted by atomic mass is 10.0. The van der Waals surface area contributed by atoms with E-state index in [4.69, 9.17) is 9.47 Å². The van der Waals surface area contributed by atoms with Crippen molar-refractivity contribution in [2.45, 2.75) is 51.4 Å². The Labute approximate surface area is 250 Å². The van der Waals surface area contributed by atoms with Crippen LogP contribution in [0.3, 0.4) is 0 Å². The predicted octanol–water partition coefficient (Wildman–Crippen LogP) is 9.09. The van der Waals surface area contributed by atoms with E-state index in [1.165, 1.54) is 0 Å². The van der Waals surface area contributed by atoms with Crippen molar-refractivity contribution in [3.63, 3.8) is 0 Å². The van der Waals surface area contributed by atoms with Crippen LogP contribution in [0.15, 0.2) is 72.8 Å². The van der Waals surface area contributed by atoms with Gasteiger partial charge in [-0.15, -0.1) is 0 Å². The minimum absolute atomic E-state index is 0.201. The minimum Gasteiger partial charge on any atom is -0.423 e. The average Bonchev–Trinajstić information content (AvgIpc) is 3.00. The van der Waals surface area contributed by atoms with Gasteiger partial charge in [-0.05, 0) is 61.1 Å². The van der Waals surface area contributed by atoms with Crippen LogP contribution in [-0.2, 0) is 12.8 Å². The number of halogens is 6. The summed E-state index contributed by atoms with van der Waals surface area (Å²) < 4.78 is 89.3. The first-order valence-electron chi connectivity index (χ1n) is 14.0. The lowest BCUT2D eigenvalue weighted by Crippen LogP contribution is -2.09. The number of esters is 2. The topological polar surface area (TPSA) is 52.6 Å². The number of rotatable bonds is 13. The van der Waals surface area contributed by atoms with Crippen molar-refractivity contribution in [3.8, 4) is 11.5 Å². The third-order valence-electron chi connectivity index (χ3n) is 6.90. The Hall–Kier alpha value is -4.60. The molecule has 4 aromatic carbocycles. The summed E-state index contributed by atoms with van der Waals surface area (Å²) >= 11 is 0. The molecule has 44 heavy (non-hydrogen) atoms. The van der Waals surface area contributed by atoms with E-state index in [1.54, 1.807) is 48.5 Å². The summed E-state index contributed by atoms with van der Waals surface area (Å²) in [5.74, 6) is -11.5. The van der Waals surface area contributed by atoms with Gasteiger partial charge in [0.25, 0.3) is 0 Å². The maximum atomic E-state index is 13.3. The van der Waals surface area contributed by atoms with Crippen LogP contribution in [0, 0.1) is 34.9 Å². The molecule has 0 spiro atoms. The van der Waals surface area contributed by atoms with Crippen LogP contribution in [0.1, 0.15) is 70.4 Å². The number of hydrogen-bond donors (Lipinski definition) is 0. The fourth-order valence-electron chi connectivity index (χ4n) is 4.49. The number of carbonyl (C=O) groups is 2. The van der Waals surface area contributed by atoms with Crippen molar-refractivity contribution in [1.29, 1.82) is 0 Å². The molecule has 0 N–H and O–H groups in total. The summed E-state index contributed by atoms with van der Waals surface area (Å²) in [5, 5.41) is 0. The van der Waals surface area contributed by atoms with Crippen LogP contribution in [0.5, 0.6) is 11.5 Å². The maximum absolute atomic E-state index is 13.3. The highest BCUT2D eigenvalue weighted by Crippen LogP contribution is 2.22. The van der Waals surface area contributed by atoms with Crippen molar-refractivity contribution < 1.29 is 45.4 Å². The summed E-state index contributed by atoms with van der Waals surface area (Å²) in [6.45, 7) is 0. The van der Waals surface area contributed by atoms with E-state index in [0.717, 1.165) is 62.5 Å². The second-order valence-electron chi connectivity index (χ2n) is 10.2. The van der Waals surface area contributed by atoms with Gasteiger partial charge in [0.1, 0.15) is 11.5 Å². The fraction of sp³-hybridized carbons (Fsp3) is 0.235. The predicted molar refractivity (Wildman–Crippen MR) is 151 cm³/mol. The summed E-state index contributed by atoms with van der Waals surface area (Å²) in [6.07, 6.45) is 7.76. The van der Waals surface area contributed by atoms with Crippen LogP contribution in [-0.4, -0.2) is 11.9 Å². The molecule has 0 heterocycles. The Morgan fingerprint density at radius 3 is 1.07 bits per heavy atom. The zero-order valence-corrected chi connectivity index (χ0v) is 23.5. The summed E-state index contributed by atoms with van der Waals surface area (Å²) in [7, 11) is 0. The molecule has 0 aliphatic rings. The van der Waals surface area contributed by atoms with Gasteiger partial charge in [0, 0.05) is 24.3 Å². The maximum Gasteiger partial charge on any atom is 0.343 e. The smallest absolute Gasteiger partial charge is 0.343 e. The molecule has 0 aliphatic heterocycles. The largest absolute Gasteiger partial charge is 0.423 e. The normalized spacial score (nSPS) is 11.0. The van der Waals surface area contributed by atoms with Gasteiger partial charge in [0.2, 0.25) is 0 Å². The van der Waals surface area contributed by atoms with Crippen molar-refractivity contribution >= 4 is 11.9 Å². The van der Waals surface area contributed by atoms with Gasteiger partial charge in [0.15, 0.2) is 34.9 Å². The van der Waals surface area contributed by atoms with E-state index in [1.807, 2.05) is 0 Å². The van der Waals surface area contributed by atoms with Crippen molar-refractivity contribution in [2.75, 3.05) is 0 Å². The first-order chi connectivity index (χ1) is 21.1. The lowest BCUT2D eigenvalue weighted by molar-refractivity contribution is 0.0723. The Morgan fingerprint density at radius 2 is 0.750 bits per heavy atom. The number of ether oxygens (including phenoxy) is 2. The molecule has 0 fully saturated rings. The van der Waals surface area contributed by atoms with Gasteiger partial charge in [-0.1, -0.05) is 49.9 Å². The Bertz CT molecular complexity index is 1440. The molecule has 0 aromatic heterocycles. The van der Waals surface area contributed by atoms with Gasteiger partial charge in [-0.25, -0.2) is 35.9 Å². The van der Waals surface area contributed by atoms with E-state index in [0.29, 0.717) is 24.3 Å². The van der Waals surface area contributed by atoms with Gasteiger partial charge >= 0.3 is 11.9 Å². The summed E-state index contributed by atoms with van der Waals surface area (Å²) in [5.41, 5.74) is 2.47. The van der Waals surface area contributed by atoms with E-state index in [2.05, 4.69) is 0 Å². The van der Waals surface area contributed by atoms with Crippen LogP contribution in [0.4, 0.5) is 26.3 Å². The quantitative estimate of drug-likeness (QED) is 0.0496. The molecule has 230 valence electrons. The molecule has 4 aromatic rings. The Kier molecular flexibility index (Phi) is 11.2. The van der Waals surface area contributed by atoms with E-state index < -0.39 is 58.3 Å². The number of carbonyl (C=O) groups excluding carboxylic acids is 2. The second-order valence-corrected chi connectivity index (χ2v) is 10.2. The molecule has 0 bridgehead atoms. The molecular weight excluding hydrogens is 586 g/mol. The summed E-state index contributed by atoms with van der Waals surface area (Å²) in [4.78, 5) is 24.5. The standard InChI is InChI=1S/C34H28F6O4/c35-27-17-25(18-28(36)31(27)39)43-33(41)23-13-9-21(10-14-23)7-5-3-1-2-4-6-8-22-11-15-24(16-12-22)34(42)44-26-19-29(37)32(40)30(38)20-26/h9-20H,1-8H2. The first kappa shape index (κ1) is 32.3. The van der Waals surface area contributed by atoms with Gasteiger partial charge < -0.3 is 9.47 Å². The highest BCUT2D eigenvalue weighted by Gasteiger charge is 2.16. The van der Waals surface area contributed by atoms with Gasteiger partial charge in [0.05, 0.1) is 11.1 Å². The van der Waals surface area contributed by atoms with Crippen molar-refractivity contribution in [3.05, 3.63) is 130 Å². The molecule has 0 saturated heterocycles. The molecule has 0 aliphatic carbocycles. The number of aryl methyl sites for hydroxylation is 2. The van der Waals surface area contributed by atoms with E-state index in [9.17, 15) is 35.9 Å². The van der Waals surface area contributed by atoms with Crippen molar-refractivity contribution in [1.82, 2.24) is 0 Å². The van der Waals surface area contributed by atoms with Gasteiger partial charge in [-0.2, -0.15) is 0 Å². The molecule has 0 radical (unpaired) electrons. The number of unbranched alkanes of at least 4 members (excludes halogenated alkanes) is 5. The minimum atomic E-state index is -1.63. The SMILES string of the molecule is O=C(Oc1cc(F)c(F)c(F)c1)c1ccc(CCCCCCCCc2ccc(C(=O)Oc3cc(F)c(F)c(F)c3)cc2)cc1. The van der Waals surface area contributed by atoms with Crippen molar-refractivity contribution in [2.24, 2.45) is 0 Å². The van der Waals surface area contributed by atoms with E-state index in [-0.39, 0.29) is 11.1 Å². The molecule has 4 rings (SSSR count). The lowest BCUT2D eigenvalue weighted by Gasteiger charge is -2.07.